The molecule has 0 saturated heterocycles. The van der Waals surface area contributed by atoms with Gasteiger partial charge in [0.05, 0.1) is 6.54 Å². The molecule has 2 N–H and O–H groups in total. The molecule has 4 nitrogen and oxygen atoms in total. The van der Waals surface area contributed by atoms with Crippen LogP contribution >= 0.6 is 0 Å². The fraction of sp³-hybridized carbons (Fsp3) is 0.889. The molecule has 0 spiro atoms. The number of likely N-dealkylation sites (N-methyl/N-ethyl adjacent to an activating group) is 1. The fourth-order valence-electron chi connectivity index (χ4n) is 1.16. The highest BCUT2D eigenvalue weighted by Crippen LogP contribution is 1.97. The van der Waals surface area contributed by atoms with Crippen LogP contribution in [-0.4, -0.2) is 47.3 Å². The van der Waals surface area contributed by atoms with E-state index in [0.29, 0.717) is 0 Å². The minimum Gasteiger partial charge on any atom is -0.480 e. The Kier molecular flexibility index (Phi) is 7.63. The van der Waals surface area contributed by atoms with E-state index in [1.807, 2.05) is 11.8 Å². The van der Waals surface area contributed by atoms with Crippen molar-refractivity contribution in [1.82, 2.24) is 4.90 Å². The first-order valence-corrected chi connectivity index (χ1v) is 4.75. The lowest BCUT2D eigenvalue weighted by molar-refractivity contribution is -0.138. The second-order valence-electron chi connectivity index (χ2n) is 3.05. The van der Waals surface area contributed by atoms with E-state index in [2.05, 4.69) is 0 Å². The smallest absolute Gasteiger partial charge is 0.317 e. The van der Waals surface area contributed by atoms with E-state index < -0.39 is 5.97 Å². The molecule has 0 heterocycles. The van der Waals surface area contributed by atoms with Gasteiger partial charge in [-0.05, 0) is 32.4 Å². The average Bonchev–Trinajstić information content (AvgIpc) is 2.09. The maximum Gasteiger partial charge on any atom is 0.317 e. The quantitative estimate of drug-likeness (QED) is 0.548. The minimum absolute atomic E-state index is 0.121. The predicted molar refractivity (Wildman–Crippen MR) is 50.7 cm³/mol. The maximum absolute atomic E-state index is 10.4. The fourth-order valence-corrected chi connectivity index (χ4v) is 1.16. The summed E-state index contributed by atoms with van der Waals surface area (Å²) >= 11 is 0. The molecule has 78 valence electrons. The van der Waals surface area contributed by atoms with E-state index in [-0.39, 0.29) is 13.2 Å². The minimum atomic E-state index is -0.774. The molecular weight excluding hydrogens is 170 g/mol. The third kappa shape index (κ3) is 7.74. The molecular formula is C9H19NO3. The number of rotatable bonds is 8. The van der Waals surface area contributed by atoms with Crippen LogP contribution in [0.2, 0.25) is 0 Å². The largest absolute Gasteiger partial charge is 0.480 e. The summed E-state index contributed by atoms with van der Waals surface area (Å²) in [6, 6.07) is 0. The van der Waals surface area contributed by atoms with Crippen molar-refractivity contribution in [2.75, 3.05) is 26.2 Å². The summed E-state index contributed by atoms with van der Waals surface area (Å²) in [4.78, 5) is 12.3. The molecule has 0 atom stereocenters. The van der Waals surface area contributed by atoms with Crippen LogP contribution in [0.25, 0.3) is 0 Å². The molecule has 4 heteroatoms. The predicted octanol–water partition coefficient (Wildman–Crippen LogP) is 0.556. The molecule has 0 bridgehead atoms. The third-order valence-corrected chi connectivity index (χ3v) is 1.94. The molecule has 0 amide bonds. The van der Waals surface area contributed by atoms with Gasteiger partial charge in [0.15, 0.2) is 0 Å². The number of carbonyl (C=O) groups is 1. The summed E-state index contributed by atoms with van der Waals surface area (Å²) in [5.41, 5.74) is 0. The van der Waals surface area contributed by atoms with Crippen molar-refractivity contribution in [2.45, 2.75) is 26.2 Å². The molecule has 13 heavy (non-hydrogen) atoms. The van der Waals surface area contributed by atoms with Crippen LogP contribution in [0.15, 0.2) is 0 Å². The van der Waals surface area contributed by atoms with E-state index >= 15 is 0 Å². The van der Waals surface area contributed by atoms with Crippen molar-refractivity contribution in [3.05, 3.63) is 0 Å². The van der Waals surface area contributed by atoms with Crippen molar-refractivity contribution in [1.29, 1.82) is 0 Å². The maximum atomic E-state index is 10.4. The molecule has 0 rings (SSSR count). The second kappa shape index (κ2) is 8.01. The Morgan fingerprint density at radius 2 is 2.00 bits per heavy atom. The van der Waals surface area contributed by atoms with Crippen LogP contribution in [-0.2, 0) is 4.79 Å². The van der Waals surface area contributed by atoms with Crippen molar-refractivity contribution in [2.24, 2.45) is 0 Å². The van der Waals surface area contributed by atoms with Gasteiger partial charge in [-0.3, -0.25) is 9.69 Å². The summed E-state index contributed by atoms with van der Waals surface area (Å²) in [5.74, 6) is -0.774. The molecule has 0 aromatic rings. The van der Waals surface area contributed by atoms with Gasteiger partial charge in [-0.2, -0.15) is 0 Å². The van der Waals surface area contributed by atoms with Crippen molar-refractivity contribution < 1.29 is 15.0 Å². The van der Waals surface area contributed by atoms with Crippen LogP contribution in [0, 0.1) is 0 Å². The number of hydrogen-bond donors (Lipinski definition) is 2. The SMILES string of the molecule is CCN(CCCCCO)CC(=O)O. The number of aliphatic carboxylic acids is 1. The van der Waals surface area contributed by atoms with Gasteiger partial charge in [0, 0.05) is 6.61 Å². The zero-order chi connectivity index (χ0) is 10.1. The highest BCUT2D eigenvalue weighted by atomic mass is 16.4. The molecule has 0 aromatic heterocycles. The Balaban J connectivity index is 3.42. The zero-order valence-corrected chi connectivity index (χ0v) is 8.20. The lowest BCUT2D eigenvalue weighted by Gasteiger charge is -2.17. The van der Waals surface area contributed by atoms with E-state index in [9.17, 15) is 4.79 Å². The molecule has 0 aliphatic heterocycles. The number of carboxylic acid groups (broad SMARTS) is 1. The summed E-state index contributed by atoms with van der Waals surface area (Å²) in [6.45, 7) is 3.88. The average molecular weight is 189 g/mol. The van der Waals surface area contributed by atoms with Gasteiger partial charge in [0.2, 0.25) is 0 Å². The number of hydrogen-bond acceptors (Lipinski definition) is 3. The lowest BCUT2D eigenvalue weighted by Crippen LogP contribution is -2.30. The molecule has 0 unspecified atom stereocenters. The molecule has 0 fully saturated rings. The normalized spacial score (nSPS) is 10.7. The molecule has 0 saturated carbocycles. The zero-order valence-electron chi connectivity index (χ0n) is 8.20. The van der Waals surface area contributed by atoms with E-state index in [1.165, 1.54) is 0 Å². The first-order valence-electron chi connectivity index (χ1n) is 4.75. The lowest BCUT2D eigenvalue weighted by atomic mass is 10.2. The van der Waals surface area contributed by atoms with Crippen LogP contribution in [0.1, 0.15) is 26.2 Å². The van der Waals surface area contributed by atoms with Crippen molar-refractivity contribution in [3.8, 4) is 0 Å². The summed E-state index contributed by atoms with van der Waals surface area (Å²) in [5, 5.41) is 17.1. The highest BCUT2D eigenvalue weighted by Gasteiger charge is 2.05. The number of unbranched alkanes of at least 4 members (excludes halogenated alkanes) is 2. The summed E-state index contributed by atoms with van der Waals surface area (Å²) < 4.78 is 0. The van der Waals surface area contributed by atoms with Gasteiger partial charge < -0.3 is 10.2 Å². The number of aliphatic hydroxyl groups excluding tert-OH is 1. The van der Waals surface area contributed by atoms with Crippen molar-refractivity contribution in [3.63, 3.8) is 0 Å². The standard InChI is InChI=1S/C9H19NO3/c1-2-10(8-9(12)13)6-4-3-5-7-11/h11H,2-8H2,1H3,(H,12,13). The van der Waals surface area contributed by atoms with E-state index in [0.717, 1.165) is 32.4 Å². The molecule has 0 aliphatic rings. The van der Waals surface area contributed by atoms with Crippen LogP contribution in [0.5, 0.6) is 0 Å². The topological polar surface area (TPSA) is 60.8 Å². The Bertz CT molecular complexity index is 139. The van der Waals surface area contributed by atoms with Gasteiger partial charge in [-0.25, -0.2) is 0 Å². The van der Waals surface area contributed by atoms with E-state index in [1.54, 1.807) is 0 Å². The Labute approximate surface area is 79.2 Å². The van der Waals surface area contributed by atoms with Crippen LogP contribution in [0.3, 0.4) is 0 Å². The highest BCUT2D eigenvalue weighted by molar-refractivity contribution is 5.69. The number of carboxylic acids is 1. The summed E-state index contributed by atoms with van der Waals surface area (Å²) in [7, 11) is 0. The summed E-state index contributed by atoms with van der Waals surface area (Å²) in [6.07, 6.45) is 2.74. The first-order chi connectivity index (χ1) is 6.20. The van der Waals surface area contributed by atoms with Crippen LogP contribution < -0.4 is 0 Å². The Morgan fingerprint density at radius 3 is 2.46 bits per heavy atom. The molecule has 0 radical (unpaired) electrons. The van der Waals surface area contributed by atoms with Gasteiger partial charge in [-0.1, -0.05) is 6.92 Å². The van der Waals surface area contributed by atoms with Gasteiger partial charge >= 0.3 is 5.97 Å². The third-order valence-electron chi connectivity index (χ3n) is 1.94. The molecule has 0 aliphatic carbocycles. The van der Waals surface area contributed by atoms with Gasteiger partial charge in [0.1, 0.15) is 0 Å². The van der Waals surface area contributed by atoms with E-state index in [4.69, 9.17) is 10.2 Å². The molecule has 0 aromatic carbocycles. The Hall–Kier alpha value is -0.610. The number of aliphatic hydroxyl groups is 1. The Morgan fingerprint density at radius 1 is 1.31 bits per heavy atom. The van der Waals surface area contributed by atoms with Gasteiger partial charge in [0.25, 0.3) is 0 Å². The van der Waals surface area contributed by atoms with Crippen molar-refractivity contribution >= 4 is 5.97 Å². The second-order valence-corrected chi connectivity index (χ2v) is 3.05. The monoisotopic (exact) mass is 189 g/mol. The first kappa shape index (κ1) is 12.4. The van der Waals surface area contributed by atoms with Gasteiger partial charge in [-0.15, -0.1) is 0 Å². The van der Waals surface area contributed by atoms with Crippen LogP contribution in [0.4, 0.5) is 0 Å². The number of nitrogens with zero attached hydrogens (tertiary/aromatic N) is 1.